The average molecular weight is 396 g/mol. The maximum atomic E-state index is 8.91. The summed E-state index contributed by atoms with van der Waals surface area (Å²) in [5.41, 5.74) is -0.280. The van der Waals surface area contributed by atoms with Crippen LogP contribution in [0.1, 0.15) is 72.5 Å². The minimum absolute atomic E-state index is 0.0858. The standard InChI is InChI=1S/C26H27N2O/c1-15(2)19-14-20-18-12-11-17(5)23(21-10-8-9-13-28(21)7)25(18)29-26(20)22(16(3)4)24(19)27-6/h8-16H,1-5,7H3/q+1/i1D3,3D3,8D,9D,10D,13D,15D,16D. The predicted octanol–water partition coefficient (Wildman–Crippen LogP) is 7.18. The van der Waals surface area contributed by atoms with Crippen LogP contribution in [-0.4, -0.2) is 0 Å². The minimum Gasteiger partial charge on any atom is -0.456 e. The fourth-order valence-corrected chi connectivity index (χ4v) is 3.68. The van der Waals surface area contributed by atoms with Gasteiger partial charge >= 0.3 is 0 Å². The second-order valence-electron chi connectivity index (χ2n) is 7.02. The van der Waals surface area contributed by atoms with Crippen LogP contribution in [-0.2, 0) is 7.05 Å². The second kappa shape index (κ2) is 7.04. The van der Waals surface area contributed by atoms with Gasteiger partial charge in [0.1, 0.15) is 19.6 Å². The molecule has 4 rings (SSSR count). The molecule has 4 aromatic rings. The lowest BCUT2D eigenvalue weighted by atomic mass is 9.90. The van der Waals surface area contributed by atoms with Crippen molar-refractivity contribution in [3.05, 3.63) is 70.6 Å². The van der Waals surface area contributed by atoms with Gasteiger partial charge in [0, 0.05) is 39.4 Å². The summed E-state index contributed by atoms with van der Waals surface area (Å²) < 4.78 is 107. The lowest BCUT2D eigenvalue weighted by Gasteiger charge is -2.15. The summed E-state index contributed by atoms with van der Waals surface area (Å²) in [4.78, 5) is 3.46. The Morgan fingerprint density at radius 2 is 1.97 bits per heavy atom. The second-order valence-corrected chi connectivity index (χ2v) is 7.02. The number of benzene rings is 2. The molecule has 0 N–H and O–H groups in total. The van der Waals surface area contributed by atoms with E-state index >= 15 is 0 Å². The van der Waals surface area contributed by atoms with E-state index in [0.717, 1.165) is 13.8 Å². The number of fused-ring (bicyclic) bond motifs is 3. The zero-order chi connectivity index (χ0) is 31.2. The SMILES string of the molecule is [2H]c1c([2H])c([2H])[n+](C)c(-c2c(C)ccc3c2oc2c(C([2H])(C)C([2H])([2H])[2H])c([N+]#[C-])c(C([2H])(C)C([2H])([2H])[2H])cc23)c1[2H]. The zero-order valence-corrected chi connectivity index (χ0v) is 16.5. The summed E-state index contributed by atoms with van der Waals surface area (Å²) in [6.45, 7) is 5.88. The van der Waals surface area contributed by atoms with Crippen molar-refractivity contribution in [2.45, 2.75) is 46.3 Å². The van der Waals surface area contributed by atoms with Crippen molar-refractivity contribution < 1.29 is 25.4 Å². The van der Waals surface area contributed by atoms with E-state index in [1.807, 2.05) is 0 Å². The first-order valence-corrected chi connectivity index (χ1v) is 8.99. The van der Waals surface area contributed by atoms with Gasteiger partial charge in [-0.1, -0.05) is 45.8 Å². The predicted molar refractivity (Wildman–Crippen MR) is 120 cm³/mol. The van der Waals surface area contributed by atoms with Crippen molar-refractivity contribution in [2.75, 3.05) is 0 Å². The summed E-state index contributed by atoms with van der Waals surface area (Å²) >= 11 is 0. The molecule has 2 aromatic carbocycles. The van der Waals surface area contributed by atoms with Gasteiger partial charge in [0.2, 0.25) is 5.69 Å². The van der Waals surface area contributed by atoms with Gasteiger partial charge in [-0.05, 0) is 35.9 Å². The van der Waals surface area contributed by atoms with Gasteiger partial charge in [0.25, 0.3) is 0 Å². The highest BCUT2D eigenvalue weighted by atomic mass is 16.3. The number of aryl methyl sites for hydroxylation is 1. The van der Waals surface area contributed by atoms with Crippen LogP contribution in [0.15, 0.2) is 46.9 Å². The molecular weight excluding hydrogens is 356 g/mol. The van der Waals surface area contributed by atoms with E-state index in [-0.39, 0.29) is 51.2 Å². The summed E-state index contributed by atoms with van der Waals surface area (Å²) in [5, 5.41) is 0.502. The summed E-state index contributed by atoms with van der Waals surface area (Å²) in [6.07, 6.45) is -0.324. The van der Waals surface area contributed by atoms with Crippen molar-refractivity contribution in [3.8, 4) is 11.3 Å². The van der Waals surface area contributed by atoms with Gasteiger partial charge < -0.3 is 4.42 Å². The van der Waals surface area contributed by atoms with Gasteiger partial charge in [0.15, 0.2) is 11.9 Å². The van der Waals surface area contributed by atoms with Gasteiger partial charge in [-0.15, -0.1) is 0 Å². The Morgan fingerprint density at radius 1 is 1.17 bits per heavy atom. The number of pyridine rings is 1. The van der Waals surface area contributed by atoms with Crippen LogP contribution in [0, 0.1) is 13.5 Å². The maximum absolute atomic E-state index is 8.91. The molecule has 3 heteroatoms. The van der Waals surface area contributed by atoms with Crippen LogP contribution in [0.25, 0.3) is 38.0 Å². The van der Waals surface area contributed by atoms with Crippen molar-refractivity contribution in [2.24, 2.45) is 7.05 Å². The molecule has 2 heterocycles. The molecule has 0 aliphatic heterocycles. The minimum atomic E-state index is -2.99. The number of hydrogen-bond donors (Lipinski definition) is 0. The monoisotopic (exact) mass is 395 g/mol. The highest BCUT2D eigenvalue weighted by Crippen LogP contribution is 2.45. The molecule has 2 atom stereocenters. The lowest BCUT2D eigenvalue weighted by molar-refractivity contribution is -0.660. The molecule has 0 bridgehead atoms. The molecule has 0 aliphatic rings. The van der Waals surface area contributed by atoms with Crippen LogP contribution in [0.5, 0.6) is 0 Å². The fourth-order valence-electron chi connectivity index (χ4n) is 3.68. The molecule has 0 saturated heterocycles. The highest BCUT2D eigenvalue weighted by molar-refractivity contribution is 6.12. The Labute approximate surface area is 189 Å². The molecule has 3 nitrogen and oxygen atoms in total. The van der Waals surface area contributed by atoms with Crippen molar-refractivity contribution in [3.63, 3.8) is 0 Å². The first kappa shape index (κ1) is 9.59. The summed E-state index contributed by atoms with van der Waals surface area (Å²) in [7, 11) is 1.46. The van der Waals surface area contributed by atoms with E-state index in [2.05, 4.69) is 4.85 Å². The van der Waals surface area contributed by atoms with E-state index in [1.54, 1.807) is 19.1 Å². The van der Waals surface area contributed by atoms with Crippen molar-refractivity contribution in [1.29, 1.82) is 0 Å². The van der Waals surface area contributed by atoms with Crippen LogP contribution in [0.3, 0.4) is 0 Å². The van der Waals surface area contributed by atoms with E-state index in [9.17, 15) is 0 Å². The largest absolute Gasteiger partial charge is 0.456 e. The van der Waals surface area contributed by atoms with Crippen LogP contribution < -0.4 is 4.57 Å². The third kappa shape index (κ3) is 2.91. The molecule has 0 saturated carbocycles. The van der Waals surface area contributed by atoms with Crippen LogP contribution in [0.4, 0.5) is 5.69 Å². The van der Waals surface area contributed by atoms with E-state index in [0.29, 0.717) is 10.9 Å². The maximum Gasteiger partial charge on any atom is 0.216 e. The van der Waals surface area contributed by atoms with E-state index in [4.69, 9.17) is 27.4 Å². The molecule has 0 spiro atoms. The normalized spacial score (nSPS) is 22.6. The summed E-state index contributed by atoms with van der Waals surface area (Å²) in [5.74, 6) is -4.82. The van der Waals surface area contributed by atoms with Gasteiger partial charge in [-0.3, -0.25) is 0 Å². The molecule has 146 valence electrons. The van der Waals surface area contributed by atoms with Crippen molar-refractivity contribution >= 4 is 27.6 Å². The smallest absolute Gasteiger partial charge is 0.216 e. The Morgan fingerprint density at radius 3 is 2.69 bits per heavy atom. The lowest BCUT2D eigenvalue weighted by Crippen LogP contribution is -2.30. The Kier molecular flexibility index (Phi) is 2.33. The van der Waals surface area contributed by atoms with Crippen LogP contribution in [0.2, 0.25) is 0 Å². The van der Waals surface area contributed by atoms with E-state index in [1.165, 1.54) is 17.7 Å². The summed E-state index contributed by atoms with van der Waals surface area (Å²) in [6, 6.07) is 3.35. The number of rotatable bonds is 3. The third-order valence-electron chi connectivity index (χ3n) is 5.04. The zero-order valence-electron chi connectivity index (χ0n) is 28.5. The Hall–Kier alpha value is -3.12. The molecule has 29 heavy (non-hydrogen) atoms. The highest BCUT2D eigenvalue weighted by Gasteiger charge is 2.25. The average Bonchev–Trinajstić information content (AvgIpc) is 3.22. The van der Waals surface area contributed by atoms with Crippen molar-refractivity contribution in [1.82, 2.24) is 0 Å². The fraction of sp³-hybridized carbons (Fsp3) is 0.308. The number of nitrogens with zero attached hydrogens (tertiary/aromatic N) is 2. The molecule has 0 amide bonds. The quantitative estimate of drug-likeness (QED) is 0.266. The topological polar surface area (TPSA) is 21.4 Å². The molecule has 0 fully saturated rings. The molecule has 2 aromatic heterocycles. The van der Waals surface area contributed by atoms with E-state index < -0.39 is 43.3 Å². The first-order chi connectivity index (χ1) is 18.6. The van der Waals surface area contributed by atoms with Gasteiger partial charge in [-0.2, -0.15) is 0 Å². The molecular formula is C26H27N2O+. The number of furan rings is 1. The third-order valence-corrected chi connectivity index (χ3v) is 5.04. The Bertz CT molecular complexity index is 1760. The number of hydrogen-bond acceptors (Lipinski definition) is 1. The van der Waals surface area contributed by atoms with Gasteiger partial charge in [-0.25, -0.2) is 9.41 Å². The Balaban J connectivity index is 2.34. The van der Waals surface area contributed by atoms with Gasteiger partial charge in [0.05, 0.1) is 16.2 Å². The molecule has 0 radical (unpaired) electrons. The molecule has 0 aliphatic carbocycles. The first-order valence-electron chi connectivity index (χ1n) is 15.0. The molecule has 2 unspecified atom stereocenters. The number of aromatic nitrogens is 1. The van der Waals surface area contributed by atoms with Crippen LogP contribution >= 0.6 is 0 Å².